The molecule has 0 radical (unpaired) electrons. The molecule has 0 bridgehead atoms. The number of aryl methyl sites for hydroxylation is 1. The number of aliphatic hydroxyl groups excluding tert-OH is 1. The topological polar surface area (TPSA) is 113 Å². The first kappa shape index (κ1) is 28.3. The Morgan fingerprint density at radius 2 is 1.86 bits per heavy atom. The predicted octanol–water partition coefficient (Wildman–Crippen LogP) is 4.73. The van der Waals surface area contributed by atoms with Crippen LogP contribution < -0.4 is 10.6 Å². The molecule has 5 aromatic rings. The van der Waals surface area contributed by atoms with Gasteiger partial charge in [0.05, 0.1) is 24.5 Å². The SMILES string of the molecule is Cc1c(-c2cnn(C)c2)nn(-c2ccccc2)c1NC(=O)N[C@@H]1CN(Cc2ccc(CO)o2)C[C@H]1c1ccc(F)c(F)c1. The second-order valence-corrected chi connectivity index (χ2v) is 10.7. The summed E-state index contributed by atoms with van der Waals surface area (Å²) in [7, 11) is 1.82. The smallest absolute Gasteiger partial charge is 0.320 e. The molecule has 1 aliphatic rings. The molecule has 10 nitrogen and oxygen atoms in total. The fourth-order valence-electron chi connectivity index (χ4n) is 5.58. The number of rotatable bonds is 8. The molecular formula is C31H31F2N7O3. The highest BCUT2D eigenvalue weighted by Crippen LogP contribution is 2.32. The number of benzene rings is 2. The lowest BCUT2D eigenvalue weighted by atomic mass is 9.94. The summed E-state index contributed by atoms with van der Waals surface area (Å²) in [6.45, 7) is 3.01. The summed E-state index contributed by atoms with van der Waals surface area (Å²) >= 11 is 0. The standard InChI is InChI=1S/C31H31F2N7O3/c1-19-29(21-13-34-38(2)14-21)37-40(22-6-4-3-5-7-22)30(19)36-31(42)35-28-17-39(15-23-9-10-24(18-41)43-23)16-25(28)20-8-11-26(32)27(33)12-20/h3-14,25,28,41H,15-18H2,1-2H3,(H2,35,36,42)/t25-,28+/m0/s1. The maximum Gasteiger partial charge on any atom is 0.320 e. The highest BCUT2D eigenvalue weighted by Gasteiger charge is 2.36. The molecule has 222 valence electrons. The van der Waals surface area contributed by atoms with E-state index in [4.69, 9.17) is 9.52 Å². The molecule has 0 spiro atoms. The van der Waals surface area contributed by atoms with Crippen molar-refractivity contribution in [2.75, 3.05) is 18.4 Å². The number of furan rings is 1. The summed E-state index contributed by atoms with van der Waals surface area (Å²) in [4.78, 5) is 15.6. The van der Waals surface area contributed by atoms with Gasteiger partial charge in [-0.25, -0.2) is 18.3 Å². The van der Waals surface area contributed by atoms with Crippen molar-refractivity contribution in [2.45, 2.75) is 32.0 Å². The summed E-state index contributed by atoms with van der Waals surface area (Å²) in [5, 5.41) is 24.5. The molecule has 6 rings (SSSR count). The number of amides is 2. The van der Waals surface area contributed by atoms with E-state index in [0.717, 1.165) is 22.9 Å². The first-order valence-corrected chi connectivity index (χ1v) is 13.9. The number of carbonyl (C=O) groups excluding carboxylic acids is 1. The number of carbonyl (C=O) groups is 1. The summed E-state index contributed by atoms with van der Waals surface area (Å²) in [6, 6.07) is 15.9. The van der Waals surface area contributed by atoms with Crippen LogP contribution in [0.1, 0.15) is 28.6 Å². The van der Waals surface area contributed by atoms with Crippen molar-refractivity contribution < 1.29 is 23.1 Å². The third-order valence-electron chi connectivity index (χ3n) is 7.67. The van der Waals surface area contributed by atoms with Crippen LogP contribution in [-0.2, 0) is 20.2 Å². The monoisotopic (exact) mass is 587 g/mol. The normalized spacial score (nSPS) is 17.0. The zero-order valence-corrected chi connectivity index (χ0v) is 23.7. The van der Waals surface area contributed by atoms with Gasteiger partial charge in [0, 0.05) is 43.4 Å². The average Bonchev–Trinajstić information content (AvgIpc) is 3.79. The van der Waals surface area contributed by atoms with Gasteiger partial charge in [0.1, 0.15) is 29.6 Å². The van der Waals surface area contributed by atoms with Crippen LogP contribution in [0.5, 0.6) is 0 Å². The number of aliphatic hydroxyl groups is 1. The van der Waals surface area contributed by atoms with Crippen molar-refractivity contribution in [3.8, 4) is 16.9 Å². The molecule has 1 fully saturated rings. The molecule has 12 heteroatoms. The van der Waals surface area contributed by atoms with E-state index in [-0.39, 0.29) is 12.5 Å². The molecule has 2 amide bonds. The van der Waals surface area contributed by atoms with Gasteiger partial charge in [0.2, 0.25) is 0 Å². The fraction of sp³-hybridized carbons (Fsp3) is 0.258. The summed E-state index contributed by atoms with van der Waals surface area (Å²) in [6.07, 6.45) is 3.58. The Morgan fingerprint density at radius 3 is 2.56 bits per heavy atom. The van der Waals surface area contributed by atoms with Crippen molar-refractivity contribution in [1.82, 2.24) is 29.8 Å². The molecule has 0 aliphatic carbocycles. The Kier molecular flexibility index (Phi) is 7.78. The minimum absolute atomic E-state index is 0.205. The van der Waals surface area contributed by atoms with Gasteiger partial charge < -0.3 is 14.8 Å². The van der Waals surface area contributed by atoms with Gasteiger partial charge in [-0.2, -0.15) is 10.2 Å². The number of likely N-dealkylation sites (tertiary alicyclic amines) is 1. The lowest BCUT2D eigenvalue weighted by molar-refractivity contribution is 0.230. The van der Waals surface area contributed by atoms with Gasteiger partial charge in [-0.1, -0.05) is 24.3 Å². The largest absolute Gasteiger partial charge is 0.462 e. The molecule has 2 aromatic carbocycles. The van der Waals surface area contributed by atoms with Crippen molar-refractivity contribution in [3.63, 3.8) is 0 Å². The third-order valence-corrected chi connectivity index (χ3v) is 7.67. The second kappa shape index (κ2) is 11.8. The summed E-state index contributed by atoms with van der Waals surface area (Å²) in [5.41, 5.74) is 3.59. The molecule has 3 aromatic heterocycles. The van der Waals surface area contributed by atoms with E-state index in [1.807, 2.05) is 50.5 Å². The lowest BCUT2D eigenvalue weighted by Gasteiger charge is -2.21. The van der Waals surface area contributed by atoms with E-state index in [0.29, 0.717) is 48.2 Å². The molecule has 43 heavy (non-hydrogen) atoms. The maximum atomic E-state index is 14.2. The first-order chi connectivity index (χ1) is 20.8. The van der Waals surface area contributed by atoms with Crippen molar-refractivity contribution in [1.29, 1.82) is 0 Å². The van der Waals surface area contributed by atoms with Crippen LogP contribution in [0.2, 0.25) is 0 Å². The van der Waals surface area contributed by atoms with Crippen LogP contribution in [0.25, 0.3) is 16.9 Å². The number of nitrogens with zero attached hydrogens (tertiary/aromatic N) is 5. The third kappa shape index (κ3) is 5.92. The van der Waals surface area contributed by atoms with E-state index in [2.05, 4.69) is 20.6 Å². The van der Waals surface area contributed by atoms with E-state index in [1.54, 1.807) is 33.8 Å². The molecular weight excluding hydrogens is 556 g/mol. The number of anilines is 1. The molecule has 2 atom stereocenters. The first-order valence-electron chi connectivity index (χ1n) is 13.9. The quantitative estimate of drug-likeness (QED) is 0.242. The Labute approximate surface area is 246 Å². The average molecular weight is 588 g/mol. The zero-order valence-electron chi connectivity index (χ0n) is 23.7. The highest BCUT2D eigenvalue weighted by atomic mass is 19.2. The second-order valence-electron chi connectivity index (χ2n) is 10.7. The Balaban J connectivity index is 1.27. The van der Waals surface area contributed by atoms with Crippen LogP contribution in [0.3, 0.4) is 0 Å². The summed E-state index contributed by atoms with van der Waals surface area (Å²) in [5.74, 6) is -0.585. The van der Waals surface area contributed by atoms with Gasteiger partial charge in [-0.05, 0) is 48.9 Å². The van der Waals surface area contributed by atoms with Crippen LogP contribution in [0.15, 0.2) is 77.5 Å². The number of urea groups is 1. The molecule has 0 saturated carbocycles. The number of hydrogen-bond donors (Lipinski definition) is 3. The van der Waals surface area contributed by atoms with Gasteiger partial charge in [-0.15, -0.1) is 0 Å². The Hall–Kier alpha value is -4.81. The van der Waals surface area contributed by atoms with E-state index in [1.165, 1.54) is 6.07 Å². The van der Waals surface area contributed by atoms with Crippen molar-refractivity contribution >= 4 is 11.8 Å². The van der Waals surface area contributed by atoms with Crippen LogP contribution in [0.4, 0.5) is 19.4 Å². The van der Waals surface area contributed by atoms with E-state index in [9.17, 15) is 18.7 Å². The molecule has 1 saturated heterocycles. The summed E-state index contributed by atoms with van der Waals surface area (Å²) < 4.78 is 37.0. The maximum absolute atomic E-state index is 14.2. The Bertz CT molecular complexity index is 1750. The lowest BCUT2D eigenvalue weighted by Crippen LogP contribution is -2.42. The van der Waals surface area contributed by atoms with Gasteiger partial charge in [0.15, 0.2) is 11.6 Å². The number of hydrogen-bond acceptors (Lipinski definition) is 6. The molecule has 1 aliphatic heterocycles. The Morgan fingerprint density at radius 1 is 1.07 bits per heavy atom. The van der Waals surface area contributed by atoms with Crippen molar-refractivity contribution in [2.24, 2.45) is 7.05 Å². The van der Waals surface area contributed by atoms with E-state index < -0.39 is 23.7 Å². The fourth-order valence-corrected chi connectivity index (χ4v) is 5.58. The zero-order chi connectivity index (χ0) is 30.1. The van der Waals surface area contributed by atoms with Gasteiger partial charge in [0.25, 0.3) is 0 Å². The van der Waals surface area contributed by atoms with Gasteiger partial charge >= 0.3 is 6.03 Å². The molecule has 0 unspecified atom stereocenters. The number of aromatic nitrogens is 4. The predicted molar refractivity (Wildman–Crippen MR) is 155 cm³/mol. The number of para-hydroxylation sites is 1. The van der Waals surface area contributed by atoms with Crippen molar-refractivity contribution in [3.05, 3.63) is 107 Å². The minimum Gasteiger partial charge on any atom is -0.462 e. The minimum atomic E-state index is -0.942. The van der Waals surface area contributed by atoms with E-state index >= 15 is 0 Å². The van der Waals surface area contributed by atoms with Crippen LogP contribution >= 0.6 is 0 Å². The highest BCUT2D eigenvalue weighted by molar-refractivity contribution is 5.91. The molecule has 4 heterocycles. The number of nitrogens with one attached hydrogen (secondary N) is 2. The van der Waals surface area contributed by atoms with Crippen LogP contribution in [-0.4, -0.2) is 54.7 Å². The van der Waals surface area contributed by atoms with Crippen LogP contribution in [0, 0.1) is 18.6 Å². The number of halogens is 2. The molecule has 3 N–H and O–H groups in total. The van der Waals surface area contributed by atoms with Gasteiger partial charge in [-0.3, -0.25) is 14.9 Å².